The molecule has 82 valence electrons. The molecule has 0 aromatic carbocycles. The van der Waals surface area contributed by atoms with Crippen molar-refractivity contribution in [1.82, 2.24) is 9.88 Å². The third kappa shape index (κ3) is 1.89. The van der Waals surface area contributed by atoms with Crippen LogP contribution < -0.4 is 0 Å². The van der Waals surface area contributed by atoms with Crippen molar-refractivity contribution in [3.63, 3.8) is 0 Å². The molecule has 5 heteroatoms. The molecule has 2 rings (SSSR count). The highest BCUT2D eigenvalue weighted by atomic mass is 32.1. The number of carbonyl (C=O) groups excluding carboxylic acids is 1. The first-order chi connectivity index (χ1) is 7.24. The fourth-order valence-electron chi connectivity index (χ4n) is 1.93. The lowest BCUT2D eigenvalue weighted by Gasteiger charge is -2.22. The average molecular weight is 226 g/mol. The number of aromatic nitrogens is 1. The molecule has 0 spiro atoms. The summed E-state index contributed by atoms with van der Waals surface area (Å²) in [7, 11) is 0. The molecule has 0 bridgehead atoms. The molecule has 1 aliphatic rings. The molecule has 1 unspecified atom stereocenters. The summed E-state index contributed by atoms with van der Waals surface area (Å²) >= 11 is 1.37. The number of aryl methyl sites for hydroxylation is 1. The lowest BCUT2D eigenvalue weighted by molar-refractivity contribution is 0.0681. The van der Waals surface area contributed by atoms with Gasteiger partial charge in [0.05, 0.1) is 23.9 Å². The average Bonchev–Trinajstić information content (AvgIpc) is 2.84. The standard InChI is InChI=1S/C10H14N2O2S/c1-7-9(15-6-11-7)10(14)12-4-2-3-8(12)5-13/h6,8,13H,2-5H2,1H3. The van der Waals surface area contributed by atoms with Crippen LogP contribution in [0.15, 0.2) is 5.51 Å². The highest BCUT2D eigenvalue weighted by Gasteiger charge is 2.30. The Morgan fingerprint density at radius 3 is 3.20 bits per heavy atom. The molecule has 4 nitrogen and oxygen atoms in total. The van der Waals surface area contributed by atoms with E-state index in [0.29, 0.717) is 4.88 Å². The van der Waals surface area contributed by atoms with Gasteiger partial charge in [-0.05, 0) is 19.8 Å². The van der Waals surface area contributed by atoms with E-state index in [1.54, 1.807) is 10.4 Å². The lowest BCUT2D eigenvalue weighted by atomic mass is 10.2. The topological polar surface area (TPSA) is 53.4 Å². The van der Waals surface area contributed by atoms with Gasteiger partial charge >= 0.3 is 0 Å². The highest BCUT2D eigenvalue weighted by Crippen LogP contribution is 2.22. The SMILES string of the molecule is Cc1ncsc1C(=O)N1CCCC1CO. The molecule has 1 aliphatic heterocycles. The second kappa shape index (κ2) is 4.28. The molecule has 1 saturated heterocycles. The van der Waals surface area contributed by atoms with E-state index in [-0.39, 0.29) is 18.6 Å². The summed E-state index contributed by atoms with van der Waals surface area (Å²) < 4.78 is 0. The predicted molar refractivity (Wildman–Crippen MR) is 58.0 cm³/mol. The summed E-state index contributed by atoms with van der Waals surface area (Å²) in [4.78, 5) is 18.6. The fraction of sp³-hybridized carbons (Fsp3) is 0.600. The van der Waals surface area contributed by atoms with Gasteiger partial charge in [0, 0.05) is 6.54 Å². The maximum absolute atomic E-state index is 12.1. The van der Waals surface area contributed by atoms with E-state index in [0.717, 1.165) is 25.1 Å². The smallest absolute Gasteiger partial charge is 0.266 e. The number of thiazole rings is 1. The van der Waals surface area contributed by atoms with E-state index in [4.69, 9.17) is 5.11 Å². The molecule has 0 aliphatic carbocycles. The van der Waals surface area contributed by atoms with Crippen molar-refractivity contribution in [1.29, 1.82) is 0 Å². The van der Waals surface area contributed by atoms with Crippen LogP contribution in [0.4, 0.5) is 0 Å². The summed E-state index contributed by atoms with van der Waals surface area (Å²) in [5.74, 6) is 0.0200. The minimum absolute atomic E-state index is 0.000926. The molecule has 0 radical (unpaired) electrons. The lowest BCUT2D eigenvalue weighted by Crippen LogP contribution is -2.37. The van der Waals surface area contributed by atoms with Crippen molar-refractivity contribution in [2.24, 2.45) is 0 Å². The van der Waals surface area contributed by atoms with Crippen LogP contribution in [0.5, 0.6) is 0 Å². The zero-order valence-corrected chi connectivity index (χ0v) is 9.46. The molecule has 1 atom stereocenters. The first-order valence-electron chi connectivity index (χ1n) is 5.06. The van der Waals surface area contributed by atoms with Crippen LogP contribution in [0, 0.1) is 6.92 Å². The van der Waals surface area contributed by atoms with Crippen LogP contribution in [-0.2, 0) is 0 Å². The predicted octanol–water partition coefficient (Wildman–Crippen LogP) is 1.05. The molecule has 1 fully saturated rings. The maximum atomic E-state index is 12.1. The van der Waals surface area contributed by atoms with Gasteiger partial charge in [-0.2, -0.15) is 0 Å². The van der Waals surface area contributed by atoms with Gasteiger partial charge in [0.15, 0.2) is 0 Å². The van der Waals surface area contributed by atoms with E-state index in [9.17, 15) is 4.79 Å². The number of amides is 1. The van der Waals surface area contributed by atoms with Crippen LogP contribution in [0.2, 0.25) is 0 Å². The number of likely N-dealkylation sites (tertiary alicyclic amines) is 1. The van der Waals surface area contributed by atoms with Crippen LogP contribution in [0.3, 0.4) is 0 Å². The number of aliphatic hydroxyl groups excluding tert-OH is 1. The number of hydrogen-bond acceptors (Lipinski definition) is 4. The Bertz CT molecular complexity index is 364. The van der Waals surface area contributed by atoms with Crippen molar-refractivity contribution in [2.45, 2.75) is 25.8 Å². The fourth-order valence-corrected chi connectivity index (χ4v) is 2.69. The number of rotatable bonds is 2. The number of aliphatic hydroxyl groups is 1. The van der Waals surface area contributed by atoms with Crippen LogP contribution in [-0.4, -0.2) is 40.1 Å². The van der Waals surface area contributed by atoms with Crippen molar-refractivity contribution < 1.29 is 9.90 Å². The molecule has 1 amide bonds. The first kappa shape index (κ1) is 10.6. The van der Waals surface area contributed by atoms with Crippen LogP contribution >= 0.6 is 11.3 Å². The largest absolute Gasteiger partial charge is 0.394 e. The summed E-state index contributed by atoms with van der Waals surface area (Å²) in [6, 6.07) is -0.000926. The van der Waals surface area contributed by atoms with Gasteiger partial charge in [0.2, 0.25) is 0 Å². The Hall–Kier alpha value is -0.940. The second-order valence-corrected chi connectivity index (χ2v) is 4.60. The Kier molecular flexibility index (Phi) is 3.02. The van der Waals surface area contributed by atoms with Crippen LogP contribution in [0.1, 0.15) is 28.2 Å². The maximum Gasteiger partial charge on any atom is 0.266 e. The molecule has 1 aromatic rings. The van der Waals surface area contributed by atoms with Gasteiger partial charge in [0.1, 0.15) is 4.88 Å². The quantitative estimate of drug-likeness (QED) is 0.820. The molecule has 1 N–H and O–H groups in total. The van der Waals surface area contributed by atoms with Crippen molar-refractivity contribution >= 4 is 17.2 Å². The van der Waals surface area contributed by atoms with Crippen molar-refractivity contribution in [2.75, 3.05) is 13.2 Å². The van der Waals surface area contributed by atoms with Gasteiger partial charge in [-0.3, -0.25) is 4.79 Å². The van der Waals surface area contributed by atoms with Gasteiger partial charge < -0.3 is 10.0 Å². The number of carbonyl (C=O) groups is 1. The Morgan fingerprint density at radius 1 is 1.80 bits per heavy atom. The Labute approximate surface area is 92.6 Å². The third-order valence-corrected chi connectivity index (χ3v) is 3.71. The summed E-state index contributed by atoms with van der Waals surface area (Å²) in [6.07, 6.45) is 1.88. The summed E-state index contributed by atoms with van der Waals surface area (Å²) in [5.41, 5.74) is 2.47. The monoisotopic (exact) mass is 226 g/mol. The molecule has 0 saturated carbocycles. The molecule has 1 aromatic heterocycles. The number of hydrogen-bond donors (Lipinski definition) is 1. The van der Waals surface area contributed by atoms with Gasteiger partial charge in [-0.25, -0.2) is 4.98 Å². The van der Waals surface area contributed by atoms with E-state index in [1.165, 1.54) is 11.3 Å². The van der Waals surface area contributed by atoms with E-state index < -0.39 is 0 Å². The zero-order chi connectivity index (χ0) is 10.8. The second-order valence-electron chi connectivity index (χ2n) is 3.74. The third-order valence-electron chi connectivity index (χ3n) is 2.79. The molecule has 15 heavy (non-hydrogen) atoms. The highest BCUT2D eigenvalue weighted by molar-refractivity contribution is 7.11. The van der Waals surface area contributed by atoms with E-state index >= 15 is 0 Å². The zero-order valence-electron chi connectivity index (χ0n) is 8.64. The normalized spacial score (nSPS) is 20.9. The summed E-state index contributed by atoms with van der Waals surface area (Å²) in [5, 5.41) is 9.15. The van der Waals surface area contributed by atoms with E-state index in [2.05, 4.69) is 4.98 Å². The molecular formula is C10H14N2O2S. The molecular weight excluding hydrogens is 212 g/mol. The summed E-state index contributed by atoms with van der Waals surface area (Å²) in [6.45, 7) is 2.65. The van der Waals surface area contributed by atoms with Crippen LogP contribution in [0.25, 0.3) is 0 Å². The van der Waals surface area contributed by atoms with Gasteiger partial charge in [0.25, 0.3) is 5.91 Å². The van der Waals surface area contributed by atoms with E-state index in [1.807, 2.05) is 6.92 Å². The first-order valence-corrected chi connectivity index (χ1v) is 5.94. The number of nitrogens with zero attached hydrogens (tertiary/aromatic N) is 2. The van der Waals surface area contributed by atoms with Crippen molar-refractivity contribution in [3.8, 4) is 0 Å². The minimum atomic E-state index is -0.000926. The Balaban J connectivity index is 2.18. The van der Waals surface area contributed by atoms with Gasteiger partial charge in [-0.15, -0.1) is 11.3 Å². The van der Waals surface area contributed by atoms with Gasteiger partial charge in [-0.1, -0.05) is 0 Å². The minimum Gasteiger partial charge on any atom is -0.394 e. The molecule has 2 heterocycles. The Morgan fingerprint density at radius 2 is 2.60 bits per heavy atom. The van der Waals surface area contributed by atoms with Crippen molar-refractivity contribution in [3.05, 3.63) is 16.1 Å².